The molecule has 0 spiro atoms. The number of aromatic nitrogens is 3. The van der Waals surface area contributed by atoms with Crippen molar-refractivity contribution in [3.05, 3.63) is 225 Å². The molecule has 1 N–H and O–H groups in total. The van der Waals surface area contributed by atoms with Crippen molar-refractivity contribution in [3.63, 3.8) is 0 Å². The molecule has 4 aromatic carbocycles. The summed E-state index contributed by atoms with van der Waals surface area (Å²) in [4.78, 5) is 20.9. The van der Waals surface area contributed by atoms with E-state index in [4.69, 9.17) is 15.0 Å². The molecule has 3 aromatic heterocycles. The van der Waals surface area contributed by atoms with Gasteiger partial charge in [-0.1, -0.05) is 95.1 Å². The molecule has 0 saturated carbocycles. The van der Waals surface area contributed by atoms with Crippen LogP contribution in [0.2, 0.25) is 0 Å². The van der Waals surface area contributed by atoms with E-state index < -0.39 is 0 Å². The molecule has 7 aromatic rings. The van der Waals surface area contributed by atoms with Crippen LogP contribution in [0, 0.1) is 83.1 Å². The number of fused-ring (bicyclic) bond motifs is 7. The molecule has 0 amide bonds. The third-order valence-electron chi connectivity index (χ3n) is 12.6. The summed E-state index contributed by atoms with van der Waals surface area (Å²) in [6, 6.07) is 31.7. The Morgan fingerprint density at radius 2 is 0.803 bits per heavy atom. The molecule has 0 radical (unpaired) electrons. The Balaban J connectivity index is 0.00000514. The summed E-state index contributed by atoms with van der Waals surface area (Å²) in [6.45, 7) is 26.5. The maximum atomic E-state index is 5.65. The molecule has 0 saturated heterocycles. The van der Waals surface area contributed by atoms with Crippen LogP contribution >= 0.6 is 0 Å². The molecule has 0 aliphatic carbocycles. The van der Waals surface area contributed by atoms with Gasteiger partial charge >= 0.3 is 17.1 Å². The van der Waals surface area contributed by atoms with Gasteiger partial charge in [-0.3, -0.25) is 0 Å². The van der Waals surface area contributed by atoms with E-state index in [0.29, 0.717) is 0 Å². The first-order valence-corrected chi connectivity index (χ1v) is 21.2. The quantitative estimate of drug-likeness (QED) is 0.180. The van der Waals surface area contributed by atoms with E-state index >= 15 is 0 Å². The summed E-state index contributed by atoms with van der Waals surface area (Å²) in [7, 11) is 0. The number of allylic oxidation sites excluding steroid dienone is 2. The van der Waals surface area contributed by atoms with Crippen molar-refractivity contribution < 1.29 is 17.1 Å². The molecular formula is C56H54FeN4. The zero-order chi connectivity index (χ0) is 42.3. The van der Waals surface area contributed by atoms with Crippen LogP contribution in [0.1, 0.15) is 118 Å². The van der Waals surface area contributed by atoms with E-state index in [0.717, 1.165) is 61.6 Å². The topological polar surface area (TPSA) is 56.4 Å². The minimum Gasteiger partial charge on any atom is -0.660 e. The first kappa shape index (κ1) is 41.8. The number of aromatic amines is 1. The number of hydrogen-bond donors (Lipinski definition) is 1. The largest absolute Gasteiger partial charge is 2.00 e. The number of H-pyrrole nitrogens is 1. The normalized spacial score (nSPS) is 14.8. The molecule has 2 aliphatic rings. The van der Waals surface area contributed by atoms with E-state index in [1.165, 1.54) is 89.0 Å². The van der Waals surface area contributed by atoms with Crippen molar-refractivity contribution in [1.82, 2.24) is 15.0 Å². The number of nitrogens with one attached hydrogen (secondary N) is 1. The van der Waals surface area contributed by atoms with Crippen LogP contribution in [-0.2, 0) is 17.1 Å². The van der Waals surface area contributed by atoms with Crippen LogP contribution in [0.5, 0.6) is 0 Å². The Hall–Kier alpha value is -5.87. The zero-order valence-corrected chi connectivity index (χ0v) is 38.6. The standard InChI is InChI=1S/C56H54N4.Fe/c1-29-21-33(5)49(34(6)22-29)53-41-13-15-43(57-41)54(50-35(7)23-30(2)24-36(50)8)45-17-19-47(59-45)56(52-39(11)27-32(4)28-40(52)12)48-20-18-46(60-48)55(44-16-14-42(53)58-44)51-37(9)25-31(3)26-38(51)10;/h13-28,53,59H,1-12H3;/q-2;+2. The van der Waals surface area contributed by atoms with Crippen LogP contribution in [-0.4, -0.2) is 10.7 Å². The second-order valence-electron chi connectivity index (χ2n) is 17.7. The fourth-order valence-corrected chi connectivity index (χ4v) is 10.7. The minimum atomic E-state index is -0.182. The second-order valence-corrected chi connectivity index (χ2v) is 17.7. The molecule has 0 fully saturated rings. The van der Waals surface area contributed by atoms with Gasteiger partial charge in [0, 0.05) is 16.3 Å². The van der Waals surface area contributed by atoms with Crippen LogP contribution in [0.25, 0.3) is 16.7 Å². The molecule has 1 unspecified atom stereocenters. The molecule has 2 aliphatic heterocycles. The van der Waals surface area contributed by atoms with Gasteiger partial charge in [-0.2, -0.15) is 0 Å². The molecule has 8 bridgehead atoms. The van der Waals surface area contributed by atoms with E-state index in [2.05, 4.69) is 185 Å². The third-order valence-corrected chi connectivity index (χ3v) is 12.6. The molecule has 1 atom stereocenters. The van der Waals surface area contributed by atoms with Crippen molar-refractivity contribution in [2.24, 2.45) is 4.99 Å². The Morgan fingerprint density at radius 3 is 1.26 bits per heavy atom. The molecule has 9 rings (SSSR count). The van der Waals surface area contributed by atoms with E-state index in [-0.39, 0.29) is 23.0 Å². The van der Waals surface area contributed by atoms with E-state index in [1.807, 2.05) is 0 Å². The number of aliphatic imine (C=N–C) groups is 1. The summed E-state index contributed by atoms with van der Waals surface area (Å²) in [5.41, 5.74) is 28.5. The van der Waals surface area contributed by atoms with Gasteiger partial charge < -0.3 is 15.0 Å². The van der Waals surface area contributed by atoms with Gasteiger partial charge in [0.05, 0.1) is 11.4 Å². The third kappa shape index (κ3) is 7.28. The van der Waals surface area contributed by atoms with Crippen molar-refractivity contribution in [3.8, 4) is 0 Å². The molecule has 4 nitrogen and oxygen atoms in total. The summed E-state index contributed by atoms with van der Waals surface area (Å²) >= 11 is 0. The number of nitrogens with zero attached hydrogens (tertiary/aromatic N) is 3. The summed E-state index contributed by atoms with van der Waals surface area (Å²) in [5, 5.41) is 2.04. The maximum absolute atomic E-state index is 5.65. The Bertz CT molecular complexity index is 3080. The van der Waals surface area contributed by atoms with Crippen LogP contribution < -0.4 is 20.7 Å². The van der Waals surface area contributed by atoms with Gasteiger partial charge in [-0.15, -0.1) is 22.8 Å². The van der Waals surface area contributed by atoms with Gasteiger partial charge in [0.1, 0.15) is 0 Å². The molecule has 306 valence electrons. The first-order valence-electron chi connectivity index (χ1n) is 21.2. The van der Waals surface area contributed by atoms with Crippen LogP contribution in [0.3, 0.4) is 0 Å². The zero-order valence-electron chi connectivity index (χ0n) is 37.5. The SMILES string of the molecule is Cc1cc(C)c(C2=C3C=CC(=N3)C(c3c(C)cc(C)cc3C)=c3ccc([nH]3)=C(c3c(C)cc(C)cc3C)c3ccc([n-]3)C(c3c(C)cc(C)cc3C)c3ccc2[n-]3)c(C)c1.[Fe+2]. The number of aryl methyl sites for hydroxylation is 12. The van der Waals surface area contributed by atoms with Gasteiger partial charge in [-0.05, 0) is 191 Å². The van der Waals surface area contributed by atoms with Gasteiger partial charge in [-0.25, -0.2) is 4.99 Å². The smallest absolute Gasteiger partial charge is 0.660 e. The van der Waals surface area contributed by atoms with E-state index in [1.54, 1.807) is 0 Å². The molecule has 61 heavy (non-hydrogen) atoms. The van der Waals surface area contributed by atoms with Crippen LogP contribution in [0.4, 0.5) is 0 Å². The van der Waals surface area contributed by atoms with E-state index in [9.17, 15) is 0 Å². The predicted molar refractivity (Wildman–Crippen MR) is 250 cm³/mol. The predicted octanol–water partition coefficient (Wildman–Crippen LogP) is 11.0. The van der Waals surface area contributed by atoms with Gasteiger partial charge in [0.15, 0.2) is 0 Å². The average Bonchev–Trinajstić information content (AvgIpc) is 3.99. The maximum Gasteiger partial charge on any atom is 2.00 e. The summed E-state index contributed by atoms with van der Waals surface area (Å²) in [5.74, 6) is -0.182. The Labute approximate surface area is 371 Å². The monoisotopic (exact) mass is 838 g/mol. The number of hydrogen-bond acceptors (Lipinski definition) is 1. The molecule has 5 heterocycles. The fraction of sp³-hybridized carbons (Fsp3) is 0.232. The van der Waals surface area contributed by atoms with Crippen molar-refractivity contribution in [2.75, 3.05) is 0 Å². The van der Waals surface area contributed by atoms with Crippen molar-refractivity contribution in [1.29, 1.82) is 0 Å². The minimum absolute atomic E-state index is 0. The van der Waals surface area contributed by atoms with Crippen molar-refractivity contribution >= 4 is 22.4 Å². The van der Waals surface area contributed by atoms with Gasteiger partial charge in [0.2, 0.25) is 0 Å². The Morgan fingerprint density at radius 1 is 0.426 bits per heavy atom. The molecule has 5 heteroatoms. The molecular weight excluding hydrogens is 784 g/mol. The fourth-order valence-electron chi connectivity index (χ4n) is 10.7. The first-order chi connectivity index (χ1) is 28.7. The summed E-state index contributed by atoms with van der Waals surface area (Å²) in [6.07, 6.45) is 4.40. The second kappa shape index (κ2) is 15.9. The number of benzene rings is 4. The van der Waals surface area contributed by atoms with Crippen LogP contribution in [0.15, 0.2) is 108 Å². The average molecular weight is 839 g/mol. The van der Waals surface area contributed by atoms with Crippen molar-refractivity contribution in [2.45, 2.75) is 89.0 Å². The number of rotatable bonds is 4. The summed E-state index contributed by atoms with van der Waals surface area (Å²) < 4.78 is 0. The Kier molecular flexibility index (Phi) is 10.9. The van der Waals surface area contributed by atoms with Gasteiger partial charge in [0.25, 0.3) is 0 Å².